The average Bonchev–Trinajstić information content (AvgIpc) is 2.78. The quantitative estimate of drug-likeness (QED) is 0.412. The van der Waals surface area contributed by atoms with E-state index in [1.807, 2.05) is 61.5 Å². The number of hydrogen-bond donors (Lipinski definition) is 4. The maximum absolute atomic E-state index is 12.9. The minimum absolute atomic E-state index is 0.169. The van der Waals surface area contributed by atoms with Crippen LogP contribution in [0.2, 0.25) is 0 Å². The van der Waals surface area contributed by atoms with Gasteiger partial charge in [0.1, 0.15) is 18.0 Å². The van der Waals surface area contributed by atoms with Crippen LogP contribution < -0.4 is 16.4 Å². The number of benzene rings is 2. The molecule has 5 N–H and O–H groups in total. The van der Waals surface area contributed by atoms with E-state index < -0.39 is 18.1 Å². The molecule has 0 aliphatic heterocycles. The number of aromatic nitrogens is 1. The molecule has 0 saturated heterocycles. The molecular weight excluding hydrogens is 404 g/mol. The summed E-state index contributed by atoms with van der Waals surface area (Å²) in [5, 5.41) is 15.9. The fraction of sp³-hybridized carbons (Fsp3) is 0.240. The zero-order valence-electron chi connectivity index (χ0n) is 18.0. The molecule has 0 aliphatic carbocycles. The number of pyridine rings is 1. The monoisotopic (exact) mass is 432 g/mol. The second-order valence-electron chi connectivity index (χ2n) is 7.77. The Balaban J connectivity index is 1.68. The first-order valence-corrected chi connectivity index (χ1v) is 10.5. The number of nitrogens with two attached hydrogens (primary N) is 1. The van der Waals surface area contributed by atoms with Gasteiger partial charge in [-0.05, 0) is 29.7 Å². The molecule has 0 unspecified atom stereocenters. The van der Waals surface area contributed by atoms with Crippen molar-refractivity contribution in [2.75, 3.05) is 5.73 Å². The van der Waals surface area contributed by atoms with Crippen LogP contribution in [0.4, 0.5) is 5.82 Å². The number of aliphatic hydroxyl groups is 1. The summed E-state index contributed by atoms with van der Waals surface area (Å²) in [6, 6.07) is 19.6. The first kappa shape index (κ1) is 23.0. The number of rotatable bonds is 9. The molecule has 2 aromatic carbocycles. The van der Waals surface area contributed by atoms with Crippen LogP contribution in [-0.4, -0.2) is 34.1 Å². The zero-order chi connectivity index (χ0) is 22.9. The minimum atomic E-state index is -1.26. The number of anilines is 1. The van der Waals surface area contributed by atoms with E-state index in [1.165, 1.54) is 0 Å². The Bertz CT molecular complexity index is 1040. The number of carbonyl (C=O) groups is 2. The lowest BCUT2D eigenvalue weighted by molar-refractivity contribution is -0.134. The largest absolute Gasteiger partial charge is 0.384 e. The van der Waals surface area contributed by atoms with E-state index >= 15 is 0 Å². The zero-order valence-corrected chi connectivity index (χ0v) is 18.0. The summed E-state index contributed by atoms with van der Waals surface area (Å²) in [5.41, 5.74) is 9.20. The highest BCUT2D eigenvalue weighted by molar-refractivity contribution is 5.89. The number of carbonyl (C=O) groups excluding carboxylic acids is 2. The predicted molar refractivity (Wildman–Crippen MR) is 123 cm³/mol. The summed E-state index contributed by atoms with van der Waals surface area (Å²) in [7, 11) is 0. The smallest absolute Gasteiger partial charge is 0.249 e. The lowest BCUT2D eigenvalue weighted by atomic mass is 10.0. The van der Waals surface area contributed by atoms with Crippen LogP contribution in [0, 0.1) is 6.92 Å². The Morgan fingerprint density at radius 2 is 1.69 bits per heavy atom. The van der Waals surface area contributed by atoms with E-state index in [0.29, 0.717) is 12.2 Å². The van der Waals surface area contributed by atoms with Crippen molar-refractivity contribution in [1.82, 2.24) is 15.6 Å². The van der Waals surface area contributed by atoms with E-state index in [9.17, 15) is 14.7 Å². The normalized spacial score (nSPS) is 12.6. The van der Waals surface area contributed by atoms with Crippen LogP contribution >= 0.6 is 0 Å². The number of aryl methyl sites for hydroxylation is 1. The Hall–Kier alpha value is -3.71. The average molecular weight is 433 g/mol. The topological polar surface area (TPSA) is 117 Å². The number of amides is 2. The van der Waals surface area contributed by atoms with E-state index in [1.54, 1.807) is 18.3 Å². The molecule has 32 heavy (non-hydrogen) atoms. The molecule has 3 rings (SSSR count). The standard InChI is InChI=1S/C25H28N4O3/c1-17-6-5-9-19(12-17)13-21(24(31)28-16-20-10-11-23(26)27-15-20)29-25(32)22(30)14-18-7-3-2-4-8-18/h2-12,15,21-22,30H,13-14,16H2,1H3,(H2,26,27)(H,28,31)(H,29,32)/t21-,22+/m0/s1. The fourth-order valence-electron chi connectivity index (χ4n) is 3.33. The van der Waals surface area contributed by atoms with Crippen molar-refractivity contribution in [3.05, 3.63) is 95.2 Å². The van der Waals surface area contributed by atoms with Gasteiger partial charge in [-0.25, -0.2) is 4.98 Å². The van der Waals surface area contributed by atoms with Gasteiger partial charge in [-0.2, -0.15) is 0 Å². The Morgan fingerprint density at radius 1 is 0.938 bits per heavy atom. The summed E-state index contributed by atoms with van der Waals surface area (Å²) >= 11 is 0. The predicted octanol–water partition coefficient (Wildman–Crippen LogP) is 1.92. The molecule has 7 nitrogen and oxygen atoms in total. The maximum Gasteiger partial charge on any atom is 0.249 e. The Morgan fingerprint density at radius 3 is 2.38 bits per heavy atom. The second-order valence-corrected chi connectivity index (χ2v) is 7.77. The highest BCUT2D eigenvalue weighted by Gasteiger charge is 2.25. The molecule has 3 aromatic rings. The highest BCUT2D eigenvalue weighted by atomic mass is 16.3. The molecule has 0 bridgehead atoms. The van der Waals surface area contributed by atoms with Gasteiger partial charge in [0.2, 0.25) is 11.8 Å². The third kappa shape index (κ3) is 6.92. The van der Waals surface area contributed by atoms with Crippen LogP contribution in [0.15, 0.2) is 72.9 Å². The molecule has 1 aromatic heterocycles. The van der Waals surface area contributed by atoms with Gasteiger partial charge < -0.3 is 21.5 Å². The summed E-state index contributed by atoms with van der Waals surface area (Å²) < 4.78 is 0. The first-order chi connectivity index (χ1) is 15.4. The van der Waals surface area contributed by atoms with Gasteiger partial charge in [-0.3, -0.25) is 9.59 Å². The van der Waals surface area contributed by atoms with Gasteiger partial charge in [0.25, 0.3) is 0 Å². The number of nitrogens with zero attached hydrogens (tertiary/aromatic N) is 1. The number of nitrogen functional groups attached to an aromatic ring is 1. The molecule has 0 aliphatic rings. The number of hydrogen-bond acceptors (Lipinski definition) is 5. The van der Waals surface area contributed by atoms with Gasteiger partial charge in [-0.15, -0.1) is 0 Å². The van der Waals surface area contributed by atoms with Crippen molar-refractivity contribution in [3.63, 3.8) is 0 Å². The van der Waals surface area contributed by atoms with Crippen molar-refractivity contribution in [1.29, 1.82) is 0 Å². The van der Waals surface area contributed by atoms with E-state index in [4.69, 9.17) is 5.73 Å². The molecule has 7 heteroatoms. The molecule has 0 spiro atoms. The van der Waals surface area contributed by atoms with Crippen LogP contribution in [-0.2, 0) is 29.0 Å². The molecule has 0 radical (unpaired) electrons. The number of nitrogens with one attached hydrogen (secondary N) is 2. The highest BCUT2D eigenvalue weighted by Crippen LogP contribution is 2.09. The van der Waals surface area contributed by atoms with Gasteiger partial charge in [0, 0.05) is 25.6 Å². The van der Waals surface area contributed by atoms with E-state index in [-0.39, 0.29) is 18.9 Å². The summed E-state index contributed by atoms with van der Waals surface area (Å²) in [6.45, 7) is 2.22. The van der Waals surface area contributed by atoms with Crippen molar-refractivity contribution < 1.29 is 14.7 Å². The van der Waals surface area contributed by atoms with Crippen molar-refractivity contribution in [3.8, 4) is 0 Å². The SMILES string of the molecule is Cc1cccc(C[C@H](NC(=O)[C@H](O)Cc2ccccc2)C(=O)NCc2ccc(N)nc2)c1. The number of aliphatic hydroxyl groups excluding tert-OH is 1. The summed E-state index contributed by atoms with van der Waals surface area (Å²) in [4.78, 5) is 29.6. The van der Waals surface area contributed by atoms with Crippen LogP contribution in [0.5, 0.6) is 0 Å². The lowest BCUT2D eigenvalue weighted by Crippen LogP contribution is -2.51. The molecule has 2 atom stereocenters. The Labute approximate surface area is 187 Å². The van der Waals surface area contributed by atoms with Crippen molar-refractivity contribution >= 4 is 17.6 Å². The first-order valence-electron chi connectivity index (χ1n) is 10.5. The van der Waals surface area contributed by atoms with Crippen molar-refractivity contribution in [2.45, 2.75) is 38.5 Å². The molecule has 2 amide bonds. The third-order valence-electron chi connectivity index (χ3n) is 5.04. The van der Waals surface area contributed by atoms with Crippen LogP contribution in [0.25, 0.3) is 0 Å². The van der Waals surface area contributed by atoms with Gasteiger partial charge in [-0.1, -0.05) is 66.2 Å². The van der Waals surface area contributed by atoms with Crippen LogP contribution in [0.1, 0.15) is 22.3 Å². The van der Waals surface area contributed by atoms with Gasteiger partial charge in [0.15, 0.2) is 0 Å². The maximum atomic E-state index is 12.9. The Kier molecular flexibility index (Phi) is 7.94. The van der Waals surface area contributed by atoms with Crippen molar-refractivity contribution in [2.24, 2.45) is 0 Å². The minimum Gasteiger partial charge on any atom is -0.384 e. The van der Waals surface area contributed by atoms with Crippen LogP contribution in [0.3, 0.4) is 0 Å². The fourth-order valence-corrected chi connectivity index (χ4v) is 3.33. The van der Waals surface area contributed by atoms with Gasteiger partial charge >= 0.3 is 0 Å². The third-order valence-corrected chi connectivity index (χ3v) is 5.04. The summed E-state index contributed by atoms with van der Waals surface area (Å²) in [6.07, 6.45) is 0.805. The molecule has 1 heterocycles. The second kappa shape index (κ2) is 11.1. The summed E-state index contributed by atoms with van der Waals surface area (Å²) in [5.74, 6) is -0.531. The van der Waals surface area contributed by atoms with E-state index in [2.05, 4.69) is 15.6 Å². The molecular formula is C25H28N4O3. The molecule has 166 valence electrons. The lowest BCUT2D eigenvalue weighted by Gasteiger charge is -2.21. The van der Waals surface area contributed by atoms with E-state index in [0.717, 1.165) is 22.3 Å². The molecule has 0 fully saturated rings. The van der Waals surface area contributed by atoms with Gasteiger partial charge in [0.05, 0.1) is 0 Å². The molecule has 0 saturated carbocycles.